The maximum absolute atomic E-state index is 5.97. The lowest BCUT2D eigenvalue weighted by Gasteiger charge is -2.36. The predicted octanol–water partition coefficient (Wildman–Crippen LogP) is 3.65. The van der Waals surface area contributed by atoms with Crippen LogP contribution in [-0.2, 0) is 16.0 Å². The fourth-order valence-corrected chi connectivity index (χ4v) is 5.45. The number of nitrogens with one attached hydrogen (secondary N) is 1. The van der Waals surface area contributed by atoms with Crippen molar-refractivity contribution in [3.63, 3.8) is 0 Å². The minimum Gasteiger partial charge on any atom is -0.496 e. The fourth-order valence-electron chi connectivity index (χ4n) is 5.45. The Bertz CT molecular complexity index is 1270. The molecule has 3 aliphatic rings. The van der Waals surface area contributed by atoms with Gasteiger partial charge in [0, 0.05) is 43.9 Å². The lowest BCUT2D eigenvalue weighted by Crippen LogP contribution is -2.46. The molecule has 6 rings (SSSR count). The zero-order chi connectivity index (χ0) is 26.1. The smallest absolute Gasteiger partial charge is 0.229 e. The summed E-state index contributed by atoms with van der Waals surface area (Å²) in [4.78, 5) is 19.7. The number of anilines is 2. The average molecular weight is 519 g/mol. The Hall–Kier alpha value is -3.01. The summed E-state index contributed by atoms with van der Waals surface area (Å²) >= 11 is 0. The topological polar surface area (TPSA) is 84.9 Å². The normalized spacial score (nSPS) is 22.2. The Kier molecular flexibility index (Phi) is 7.32. The maximum Gasteiger partial charge on any atom is 0.229 e. The third-order valence-corrected chi connectivity index (χ3v) is 7.56. The van der Waals surface area contributed by atoms with Crippen molar-refractivity contribution >= 4 is 22.8 Å². The zero-order valence-electron chi connectivity index (χ0n) is 22.7. The largest absolute Gasteiger partial charge is 0.496 e. The molecule has 0 amide bonds. The van der Waals surface area contributed by atoms with Crippen LogP contribution in [0.2, 0.25) is 0 Å². The molecule has 0 bridgehead atoms. The molecular formula is C29H38N6O3. The second-order valence-electron chi connectivity index (χ2n) is 10.8. The highest BCUT2D eigenvalue weighted by molar-refractivity contribution is 5.90. The van der Waals surface area contributed by atoms with Crippen LogP contribution in [0.25, 0.3) is 22.3 Å². The molecule has 2 atom stereocenters. The summed E-state index contributed by atoms with van der Waals surface area (Å²) in [5.41, 5.74) is 3.80. The first-order valence-corrected chi connectivity index (χ1v) is 13.9. The molecule has 38 heavy (non-hydrogen) atoms. The van der Waals surface area contributed by atoms with Crippen molar-refractivity contribution in [2.45, 2.75) is 45.4 Å². The first-order valence-electron chi connectivity index (χ1n) is 13.9. The summed E-state index contributed by atoms with van der Waals surface area (Å²) in [6.07, 6.45) is 2.92. The maximum atomic E-state index is 5.97. The molecule has 2 saturated heterocycles. The van der Waals surface area contributed by atoms with Crippen LogP contribution < -0.4 is 19.9 Å². The van der Waals surface area contributed by atoms with E-state index < -0.39 is 0 Å². The van der Waals surface area contributed by atoms with E-state index in [4.69, 9.17) is 29.2 Å². The number of hydrogen-bond acceptors (Lipinski definition) is 9. The lowest BCUT2D eigenvalue weighted by molar-refractivity contribution is -0.00570. The van der Waals surface area contributed by atoms with E-state index in [1.54, 1.807) is 7.11 Å². The molecule has 1 N–H and O–H groups in total. The first kappa shape index (κ1) is 25.3. The Morgan fingerprint density at radius 2 is 1.76 bits per heavy atom. The molecule has 2 aliphatic heterocycles. The second-order valence-corrected chi connectivity index (χ2v) is 10.8. The molecule has 0 unspecified atom stereocenters. The van der Waals surface area contributed by atoms with Crippen LogP contribution in [0.15, 0.2) is 30.3 Å². The van der Waals surface area contributed by atoms with E-state index in [0.29, 0.717) is 24.8 Å². The van der Waals surface area contributed by atoms with Gasteiger partial charge in [0.15, 0.2) is 5.65 Å². The molecule has 2 aromatic heterocycles. The molecule has 1 aromatic carbocycles. The van der Waals surface area contributed by atoms with Crippen molar-refractivity contribution in [2.24, 2.45) is 5.92 Å². The van der Waals surface area contributed by atoms with E-state index in [0.717, 1.165) is 79.0 Å². The Labute approximate surface area is 224 Å². The third-order valence-electron chi connectivity index (χ3n) is 7.56. The molecule has 3 fully saturated rings. The van der Waals surface area contributed by atoms with Gasteiger partial charge in [0.2, 0.25) is 5.95 Å². The number of hydrogen-bond donors (Lipinski definition) is 1. The lowest BCUT2D eigenvalue weighted by atomic mass is 10.1. The molecule has 0 radical (unpaired) electrons. The number of nitrogens with zero attached hydrogens (tertiary/aromatic N) is 5. The monoisotopic (exact) mass is 518 g/mol. The van der Waals surface area contributed by atoms with Crippen molar-refractivity contribution in [3.8, 4) is 17.0 Å². The molecule has 4 heterocycles. The van der Waals surface area contributed by atoms with Crippen LogP contribution >= 0.6 is 0 Å². The molecule has 3 aromatic rings. The van der Waals surface area contributed by atoms with Crippen LogP contribution in [0.1, 0.15) is 32.3 Å². The van der Waals surface area contributed by atoms with Gasteiger partial charge in [-0.05, 0) is 69.5 Å². The SMILES string of the molecule is COc1ccc(-c2ccc3c(N4CCOCC4)nc(N4C[C@@H](C)O[C@@H](C)C4)nc3n2)cc1CNCC1CC1. The van der Waals surface area contributed by atoms with Crippen LogP contribution in [0.3, 0.4) is 0 Å². The Balaban J connectivity index is 1.37. The van der Waals surface area contributed by atoms with Gasteiger partial charge in [0.25, 0.3) is 0 Å². The highest BCUT2D eigenvalue weighted by Crippen LogP contribution is 2.32. The number of pyridine rings is 1. The average Bonchev–Trinajstić information content (AvgIpc) is 3.76. The van der Waals surface area contributed by atoms with Crippen LogP contribution in [0.5, 0.6) is 5.75 Å². The third kappa shape index (κ3) is 5.55. The number of aromatic nitrogens is 3. The Morgan fingerprint density at radius 1 is 0.974 bits per heavy atom. The standard InChI is InChI=1S/C29H38N6O3/c1-19-17-35(18-20(2)38-19)29-32-27-24(28(33-29)34-10-12-37-13-11-34)7-8-25(31-27)22-6-9-26(36-3)23(14-22)16-30-15-21-4-5-21/h6-9,14,19-21,30H,4-5,10-13,15-18H2,1-3H3/t19-,20+. The number of fused-ring (bicyclic) bond motifs is 1. The van der Waals surface area contributed by atoms with Gasteiger partial charge in [-0.25, -0.2) is 4.98 Å². The molecule has 1 aliphatic carbocycles. The van der Waals surface area contributed by atoms with Gasteiger partial charge < -0.3 is 29.3 Å². The molecule has 9 heteroatoms. The molecule has 202 valence electrons. The summed E-state index contributed by atoms with van der Waals surface area (Å²) in [7, 11) is 1.73. The highest BCUT2D eigenvalue weighted by Gasteiger charge is 2.27. The van der Waals surface area contributed by atoms with Gasteiger partial charge in [-0.3, -0.25) is 0 Å². The minimum atomic E-state index is 0.121. The van der Waals surface area contributed by atoms with Crippen molar-refractivity contribution in [1.29, 1.82) is 0 Å². The summed E-state index contributed by atoms with van der Waals surface area (Å²) in [5.74, 6) is 3.37. The van der Waals surface area contributed by atoms with Crippen molar-refractivity contribution in [2.75, 3.05) is 62.8 Å². The van der Waals surface area contributed by atoms with E-state index in [1.165, 1.54) is 12.8 Å². The van der Waals surface area contributed by atoms with Crippen LogP contribution in [0.4, 0.5) is 11.8 Å². The van der Waals surface area contributed by atoms with Gasteiger partial charge in [0.1, 0.15) is 11.6 Å². The Morgan fingerprint density at radius 3 is 2.50 bits per heavy atom. The molecule has 0 spiro atoms. The van der Waals surface area contributed by atoms with Gasteiger partial charge in [-0.15, -0.1) is 0 Å². The number of benzene rings is 1. The zero-order valence-corrected chi connectivity index (χ0v) is 22.7. The summed E-state index contributed by atoms with van der Waals surface area (Å²) in [6, 6.07) is 10.5. The van der Waals surface area contributed by atoms with Crippen LogP contribution in [-0.4, -0.2) is 80.2 Å². The predicted molar refractivity (Wildman–Crippen MR) is 149 cm³/mol. The van der Waals surface area contributed by atoms with E-state index in [-0.39, 0.29) is 12.2 Å². The van der Waals surface area contributed by atoms with Crippen molar-refractivity contribution < 1.29 is 14.2 Å². The van der Waals surface area contributed by atoms with E-state index >= 15 is 0 Å². The number of methoxy groups -OCH3 is 1. The number of morpholine rings is 2. The summed E-state index contributed by atoms with van der Waals surface area (Å²) < 4.78 is 17.2. The minimum absolute atomic E-state index is 0.121. The molecular weight excluding hydrogens is 480 g/mol. The van der Waals surface area contributed by atoms with Gasteiger partial charge >= 0.3 is 0 Å². The van der Waals surface area contributed by atoms with Crippen molar-refractivity contribution in [1.82, 2.24) is 20.3 Å². The molecule has 9 nitrogen and oxygen atoms in total. The highest BCUT2D eigenvalue weighted by atomic mass is 16.5. The second kappa shape index (κ2) is 11.0. The number of rotatable bonds is 8. The fraction of sp³-hybridized carbons (Fsp3) is 0.552. The molecule has 1 saturated carbocycles. The van der Waals surface area contributed by atoms with Crippen molar-refractivity contribution in [3.05, 3.63) is 35.9 Å². The van der Waals surface area contributed by atoms with E-state index in [9.17, 15) is 0 Å². The van der Waals surface area contributed by atoms with E-state index in [2.05, 4.69) is 53.2 Å². The first-order chi connectivity index (χ1) is 18.6. The van der Waals surface area contributed by atoms with Gasteiger partial charge in [-0.1, -0.05) is 0 Å². The van der Waals surface area contributed by atoms with Gasteiger partial charge in [0.05, 0.1) is 43.6 Å². The number of ether oxygens (including phenoxy) is 3. The summed E-state index contributed by atoms with van der Waals surface area (Å²) in [6.45, 7) is 10.6. The quantitative estimate of drug-likeness (QED) is 0.480. The van der Waals surface area contributed by atoms with E-state index in [1.807, 2.05) is 6.07 Å². The van der Waals surface area contributed by atoms with Gasteiger partial charge in [-0.2, -0.15) is 9.97 Å². The summed E-state index contributed by atoms with van der Waals surface area (Å²) in [5, 5.41) is 4.56. The van der Waals surface area contributed by atoms with Crippen LogP contribution in [0, 0.1) is 5.92 Å².